The number of carbonyl (C=O) groups excluding carboxylic acids is 2. The van der Waals surface area contributed by atoms with Gasteiger partial charge in [0, 0.05) is 24.2 Å². The zero-order valence-electron chi connectivity index (χ0n) is 12.0. The second kappa shape index (κ2) is 7.04. The van der Waals surface area contributed by atoms with Crippen molar-refractivity contribution in [2.75, 3.05) is 32.3 Å². The highest BCUT2D eigenvalue weighted by Crippen LogP contribution is 2.24. The molecular weight excluding hydrogens is 312 g/mol. The van der Waals surface area contributed by atoms with Gasteiger partial charge in [0.1, 0.15) is 12.3 Å². The molecule has 0 saturated carbocycles. The van der Waals surface area contributed by atoms with Crippen molar-refractivity contribution in [3.8, 4) is 5.75 Å². The minimum Gasteiger partial charge on any atom is -0.496 e. The molecule has 0 aliphatic carbocycles. The summed E-state index contributed by atoms with van der Waals surface area (Å²) in [6, 6.07) is 5.30. The van der Waals surface area contributed by atoms with Crippen LogP contribution in [0.25, 0.3) is 0 Å². The Morgan fingerprint density at radius 2 is 2.29 bits per heavy atom. The van der Waals surface area contributed by atoms with Gasteiger partial charge in [-0.1, -0.05) is 11.6 Å². The number of benzene rings is 1. The lowest BCUT2D eigenvalue weighted by molar-refractivity contribution is -0.137. The molecule has 1 aromatic carbocycles. The van der Waals surface area contributed by atoms with Gasteiger partial charge in [-0.3, -0.25) is 9.59 Å². The number of ether oxygens (including phenoxy) is 1. The Kier molecular flexibility index (Phi) is 5.36. The van der Waals surface area contributed by atoms with Crippen LogP contribution >= 0.6 is 23.4 Å². The van der Waals surface area contributed by atoms with Crippen LogP contribution < -0.4 is 4.74 Å². The number of thioether (sulfide) groups is 1. The first-order valence-electron chi connectivity index (χ1n) is 6.43. The van der Waals surface area contributed by atoms with Gasteiger partial charge in [0.25, 0.3) is 0 Å². The van der Waals surface area contributed by atoms with E-state index in [-0.39, 0.29) is 18.4 Å². The van der Waals surface area contributed by atoms with Crippen LogP contribution in [-0.2, 0) is 16.1 Å². The van der Waals surface area contributed by atoms with E-state index in [1.54, 1.807) is 42.2 Å². The summed E-state index contributed by atoms with van der Waals surface area (Å²) in [5.74, 6) is 1.64. The van der Waals surface area contributed by atoms with Crippen molar-refractivity contribution in [3.05, 3.63) is 28.8 Å². The summed E-state index contributed by atoms with van der Waals surface area (Å²) >= 11 is 7.50. The monoisotopic (exact) mass is 328 g/mol. The molecule has 1 aliphatic rings. The fraction of sp³-hybridized carbons (Fsp3) is 0.429. The van der Waals surface area contributed by atoms with Gasteiger partial charge in [-0.2, -0.15) is 0 Å². The molecule has 1 aromatic rings. The summed E-state index contributed by atoms with van der Waals surface area (Å²) in [6.45, 7) is 0.503. The molecule has 5 nitrogen and oxygen atoms in total. The SMILES string of the molecule is COc1ccc(Cl)cc1CN(C)C(=O)CN1CSCC1=O. The molecule has 0 aromatic heterocycles. The minimum atomic E-state index is -0.104. The minimum absolute atomic E-state index is 0.0158. The number of methoxy groups -OCH3 is 1. The third-order valence-electron chi connectivity index (χ3n) is 3.23. The van der Waals surface area contributed by atoms with Crippen molar-refractivity contribution < 1.29 is 14.3 Å². The van der Waals surface area contributed by atoms with E-state index in [2.05, 4.69) is 0 Å². The zero-order valence-corrected chi connectivity index (χ0v) is 13.5. The lowest BCUT2D eigenvalue weighted by atomic mass is 10.2. The Hall–Kier alpha value is -1.40. The van der Waals surface area contributed by atoms with Gasteiger partial charge in [-0.25, -0.2) is 0 Å². The predicted molar refractivity (Wildman–Crippen MR) is 83.5 cm³/mol. The summed E-state index contributed by atoms with van der Waals surface area (Å²) in [5, 5.41) is 0.595. The van der Waals surface area contributed by atoms with Crippen LogP contribution in [-0.4, -0.2) is 53.9 Å². The largest absolute Gasteiger partial charge is 0.496 e. The fourth-order valence-corrected chi connectivity index (χ4v) is 3.14. The van der Waals surface area contributed by atoms with Gasteiger partial charge >= 0.3 is 0 Å². The summed E-state index contributed by atoms with van der Waals surface area (Å²) in [5.41, 5.74) is 0.836. The Balaban J connectivity index is 2.00. The molecule has 21 heavy (non-hydrogen) atoms. The van der Waals surface area contributed by atoms with Crippen LogP contribution in [0.5, 0.6) is 5.75 Å². The molecule has 0 radical (unpaired) electrons. The van der Waals surface area contributed by atoms with Crippen molar-refractivity contribution in [2.45, 2.75) is 6.54 Å². The summed E-state index contributed by atoms with van der Waals surface area (Å²) in [6.07, 6.45) is 0. The average Bonchev–Trinajstić information content (AvgIpc) is 2.84. The van der Waals surface area contributed by atoms with Crippen molar-refractivity contribution in [2.24, 2.45) is 0 Å². The first kappa shape index (κ1) is 16.0. The molecule has 1 saturated heterocycles. The number of amides is 2. The van der Waals surface area contributed by atoms with Gasteiger partial charge in [0.15, 0.2) is 0 Å². The number of hydrogen-bond donors (Lipinski definition) is 0. The van der Waals surface area contributed by atoms with E-state index in [9.17, 15) is 9.59 Å². The highest BCUT2D eigenvalue weighted by atomic mass is 35.5. The second-order valence-corrected chi connectivity index (χ2v) is 6.17. The van der Waals surface area contributed by atoms with E-state index in [4.69, 9.17) is 16.3 Å². The van der Waals surface area contributed by atoms with Crippen LogP contribution in [0.15, 0.2) is 18.2 Å². The van der Waals surface area contributed by atoms with E-state index in [1.807, 2.05) is 0 Å². The molecule has 0 bridgehead atoms. The lowest BCUT2D eigenvalue weighted by Crippen LogP contribution is -2.38. The van der Waals surface area contributed by atoms with Crippen LogP contribution in [0.1, 0.15) is 5.56 Å². The highest BCUT2D eigenvalue weighted by Gasteiger charge is 2.24. The number of carbonyl (C=O) groups is 2. The Bertz CT molecular complexity index is 553. The lowest BCUT2D eigenvalue weighted by Gasteiger charge is -2.22. The number of nitrogens with zero attached hydrogens (tertiary/aromatic N) is 2. The Morgan fingerprint density at radius 1 is 1.52 bits per heavy atom. The van der Waals surface area contributed by atoms with Crippen LogP contribution in [0, 0.1) is 0 Å². The molecule has 0 spiro atoms. The summed E-state index contributed by atoms with van der Waals surface area (Å²) in [4.78, 5) is 26.9. The van der Waals surface area contributed by atoms with Crippen molar-refractivity contribution in [1.29, 1.82) is 0 Å². The van der Waals surface area contributed by atoms with Gasteiger partial charge in [-0.05, 0) is 18.2 Å². The molecule has 7 heteroatoms. The van der Waals surface area contributed by atoms with Crippen molar-refractivity contribution in [3.63, 3.8) is 0 Å². The third-order valence-corrected chi connectivity index (χ3v) is 4.41. The molecule has 1 aliphatic heterocycles. The van der Waals surface area contributed by atoms with Gasteiger partial charge in [-0.15, -0.1) is 11.8 Å². The van der Waals surface area contributed by atoms with Gasteiger partial charge in [0.2, 0.25) is 11.8 Å². The zero-order chi connectivity index (χ0) is 15.4. The smallest absolute Gasteiger partial charge is 0.242 e. The van der Waals surface area contributed by atoms with Gasteiger partial charge < -0.3 is 14.5 Å². The molecule has 0 unspecified atom stereocenters. The molecule has 0 N–H and O–H groups in total. The van der Waals surface area contributed by atoms with E-state index < -0.39 is 0 Å². The molecule has 114 valence electrons. The van der Waals surface area contributed by atoms with Crippen molar-refractivity contribution >= 4 is 35.2 Å². The molecule has 2 rings (SSSR count). The maximum absolute atomic E-state index is 12.2. The van der Waals surface area contributed by atoms with Crippen LogP contribution in [0.4, 0.5) is 0 Å². The first-order chi connectivity index (χ1) is 10.0. The standard InChI is InChI=1S/C14H17ClN2O3S/c1-16(13(18)7-17-9-21-8-14(17)19)6-10-5-11(15)3-4-12(10)20-2/h3-5H,6-9H2,1-2H3. The average molecular weight is 329 g/mol. The molecule has 2 amide bonds. The number of halogens is 1. The topological polar surface area (TPSA) is 49.9 Å². The molecule has 0 atom stereocenters. The van der Waals surface area contributed by atoms with Crippen LogP contribution in [0.2, 0.25) is 5.02 Å². The fourth-order valence-electron chi connectivity index (χ4n) is 2.04. The van der Waals surface area contributed by atoms with Crippen molar-refractivity contribution in [1.82, 2.24) is 9.80 Å². The molecule has 1 heterocycles. The molecular formula is C14H17ClN2O3S. The van der Waals surface area contributed by atoms with Gasteiger partial charge in [0.05, 0.1) is 18.7 Å². The van der Waals surface area contributed by atoms with E-state index in [0.717, 1.165) is 5.56 Å². The second-order valence-electron chi connectivity index (χ2n) is 4.78. The number of likely N-dealkylation sites (N-methyl/N-ethyl adjacent to an activating group) is 1. The predicted octanol–water partition coefficient (Wildman–Crippen LogP) is 1.84. The van der Waals surface area contributed by atoms with Crippen LogP contribution in [0.3, 0.4) is 0 Å². The third kappa shape index (κ3) is 4.04. The van der Waals surface area contributed by atoms with E-state index in [0.29, 0.717) is 28.9 Å². The summed E-state index contributed by atoms with van der Waals surface area (Å²) in [7, 11) is 3.28. The quantitative estimate of drug-likeness (QED) is 0.827. The Morgan fingerprint density at radius 3 is 2.90 bits per heavy atom. The maximum Gasteiger partial charge on any atom is 0.242 e. The Labute approximate surface area is 133 Å². The molecule has 1 fully saturated rings. The number of hydrogen-bond acceptors (Lipinski definition) is 4. The summed E-state index contributed by atoms with van der Waals surface area (Å²) < 4.78 is 5.27. The normalized spacial score (nSPS) is 14.4. The highest BCUT2D eigenvalue weighted by molar-refractivity contribution is 8.00. The number of rotatable bonds is 5. The van der Waals surface area contributed by atoms with E-state index >= 15 is 0 Å². The maximum atomic E-state index is 12.2. The van der Waals surface area contributed by atoms with E-state index in [1.165, 1.54) is 11.8 Å². The first-order valence-corrected chi connectivity index (χ1v) is 7.96.